The Morgan fingerprint density at radius 1 is 0.941 bits per heavy atom. The minimum Gasteiger partial charge on any atom is -0.355 e. The van der Waals surface area contributed by atoms with E-state index < -0.39 is 6.04 Å². The largest absolute Gasteiger partial charge is 0.355 e. The van der Waals surface area contributed by atoms with Crippen molar-refractivity contribution in [1.29, 1.82) is 0 Å². The highest BCUT2D eigenvalue weighted by Gasteiger charge is 2.30. The predicted molar refractivity (Wildman–Crippen MR) is 142 cm³/mol. The lowest BCUT2D eigenvalue weighted by Crippen LogP contribution is -2.51. The van der Waals surface area contributed by atoms with E-state index in [1.165, 1.54) is 11.8 Å². The third kappa shape index (κ3) is 7.67. The monoisotopic (exact) mass is 534 g/mol. The zero-order valence-corrected chi connectivity index (χ0v) is 21.7. The predicted octanol–water partition coefficient (Wildman–Crippen LogP) is 6.52. The fourth-order valence-electron chi connectivity index (χ4n) is 3.44. The summed E-state index contributed by atoms with van der Waals surface area (Å²) in [5.41, 5.74) is 1.68. The second-order valence-electron chi connectivity index (χ2n) is 7.60. The number of likely N-dealkylation sites (N-methyl/N-ethyl adjacent to an activating group) is 1. The molecular weight excluding hydrogens is 511 g/mol. The van der Waals surface area contributed by atoms with Gasteiger partial charge in [0.2, 0.25) is 11.8 Å². The van der Waals surface area contributed by atoms with E-state index in [1.807, 2.05) is 49.4 Å². The molecule has 2 amide bonds. The van der Waals surface area contributed by atoms with Gasteiger partial charge in [-0.2, -0.15) is 0 Å². The number of halogens is 3. The van der Waals surface area contributed by atoms with Crippen molar-refractivity contribution in [3.05, 3.63) is 99.0 Å². The van der Waals surface area contributed by atoms with Crippen molar-refractivity contribution in [2.75, 3.05) is 12.3 Å². The van der Waals surface area contributed by atoms with Gasteiger partial charge in [-0.15, -0.1) is 11.8 Å². The van der Waals surface area contributed by atoms with Crippen LogP contribution in [0.25, 0.3) is 0 Å². The number of nitrogens with zero attached hydrogens (tertiary/aromatic N) is 1. The van der Waals surface area contributed by atoms with Crippen LogP contribution in [0.2, 0.25) is 15.1 Å². The Morgan fingerprint density at radius 3 is 2.26 bits per heavy atom. The highest BCUT2D eigenvalue weighted by Crippen LogP contribution is 2.26. The lowest BCUT2D eigenvalue weighted by atomic mass is 10.0. The van der Waals surface area contributed by atoms with Crippen LogP contribution in [0.5, 0.6) is 0 Å². The summed E-state index contributed by atoms with van der Waals surface area (Å²) in [7, 11) is 0. The quantitative estimate of drug-likeness (QED) is 0.301. The van der Waals surface area contributed by atoms with Crippen LogP contribution < -0.4 is 5.32 Å². The third-order valence-corrected chi connectivity index (χ3v) is 6.99. The lowest BCUT2D eigenvalue weighted by Gasteiger charge is -2.31. The Hall–Kier alpha value is -2.18. The summed E-state index contributed by atoms with van der Waals surface area (Å²) in [6, 6.07) is 21.4. The Labute approximate surface area is 219 Å². The molecule has 34 heavy (non-hydrogen) atoms. The molecule has 0 heterocycles. The van der Waals surface area contributed by atoms with E-state index in [0.717, 1.165) is 16.0 Å². The third-order valence-electron chi connectivity index (χ3n) is 5.15. The molecule has 0 saturated carbocycles. The molecular formula is C26H25Cl3N2O2S. The number of carbonyl (C=O) groups excluding carboxylic acids is 2. The first-order chi connectivity index (χ1) is 16.4. The van der Waals surface area contributed by atoms with E-state index in [0.29, 0.717) is 28.0 Å². The Balaban J connectivity index is 1.91. The van der Waals surface area contributed by atoms with Gasteiger partial charge in [-0.1, -0.05) is 71.2 Å². The molecule has 0 bridgehead atoms. The molecule has 0 radical (unpaired) electrons. The number of rotatable bonds is 10. The van der Waals surface area contributed by atoms with Crippen molar-refractivity contribution < 1.29 is 9.59 Å². The van der Waals surface area contributed by atoms with Crippen molar-refractivity contribution in [2.45, 2.75) is 30.8 Å². The molecule has 0 aliphatic heterocycles. The van der Waals surface area contributed by atoms with Crippen LogP contribution >= 0.6 is 46.6 Å². The highest BCUT2D eigenvalue weighted by atomic mass is 35.5. The van der Waals surface area contributed by atoms with Crippen molar-refractivity contribution in [1.82, 2.24) is 10.2 Å². The van der Waals surface area contributed by atoms with Gasteiger partial charge >= 0.3 is 0 Å². The second kappa shape index (κ2) is 13.1. The van der Waals surface area contributed by atoms with E-state index in [1.54, 1.807) is 35.2 Å². The zero-order chi connectivity index (χ0) is 24.5. The van der Waals surface area contributed by atoms with Crippen LogP contribution in [0.4, 0.5) is 0 Å². The standard InChI is InChI=1S/C26H25Cl3N2O2S/c1-2-30-26(33)24(14-18-6-4-3-5-7-18)31(16-19-8-9-21(28)15-23(19)29)25(32)17-34-22-12-10-20(27)11-13-22/h3-13,15,24H,2,14,16-17H2,1H3,(H,30,33). The summed E-state index contributed by atoms with van der Waals surface area (Å²) in [6.07, 6.45) is 0.384. The number of hydrogen-bond donors (Lipinski definition) is 1. The maximum atomic E-state index is 13.5. The van der Waals surface area contributed by atoms with Gasteiger partial charge in [0.1, 0.15) is 6.04 Å². The van der Waals surface area contributed by atoms with Gasteiger partial charge in [0.25, 0.3) is 0 Å². The lowest BCUT2D eigenvalue weighted by molar-refractivity contribution is -0.139. The fraction of sp³-hybridized carbons (Fsp3) is 0.231. The molecule has 0 spiro atoms. The Bertz CT molecular complexity index is 1110. The molecule has 4 nitrogen and oxygen atoms in total. The van der Waals surface area contributed by atoms with Crippen LogP contribution in [0.3, 0.4) is 0 Å². The molecule has 0 aliphatic rings. The average molecular weight is 536 g/mol. The molecule has 3 rings (SSSR count). The number of carbonyl (C=O) groups is 2. The van der Waals surface area contributed by atoms with Crippen molar-refractivity contribution in [3.63, 3.8) is 0 Å². The fourth-order valence-corrected chi connectivity index (χ4v) is 4.82. The maximum absolute atomic E-state index is 13.5. The van der Waals surface area contributed by atoms with Crippen molar-refractivity contribution >= 4 is 58.4 Å². The summed E-state index contributed by atoms with van der Waals surface area (Å²) in [4.78, 5) is 29.2. The SMILES string of the molecule is CCNC(=O)C(Cc1ccccc1)N(Cc1ccc(Cl)cc1Cl)C(=O)CSc1ccc(Cl)cc1. The second-order valence-corrected chi connectivity index (χ2v) is 9.93. The summed E-state index contributed by atoms with van der Waals surface area (Å²) >= 11 is 19.9. The minimum absolute atomic E-state index is 0.164. The first kappa shape index (κ1) is 26.4. The van der Waals surface area contributed by atoms with Crippen LogP contribution in [-0.4, -0.2) is 35.1 Å². The number of nitrogens with one attached hydrogen (secondary N) is 1. The molecule has 3 aromatic rings. The molecule has 0 aromatic heterocycles. The Kier molecular flexibility index (Phi) is 10.1. The van der Waals surface area contributed by atoms with E-state index in [9.17, 15) is 9.59 Å². The molecule has 1 N–H and O–H groups in total. The van der Waals surface area contributed by atoms with Crippen LogP contribution in [0.15, 0.2) is 77.7 Å². The molecule has 8 heteroatoms. The summed E-state index contributed by atoms with van der Waals surface area (Å²) in [5.74, 6) is -0.211. The molecule has 178 valence electrons. The first-order valence-corrected chi connectivity index (χ1v) is 12.9. The average Bonchev–Trinajstić information content (AvgIpc) is 2.82. The minimum atomic E-state index is -0.701. The molecule has 1 atom stereocenters. The van der Waals surface area contributed by atoms with Gasteiger partial charge in [0, 0.05) is 39.5 Å². The number of thioether (sulfide) groups is 1. The maximum Gasteiger partial charge on any atom is 0.243 e. The Morgan fingerprint density at radius 2 is 1.62 bits per heavy atom. The summed E-state index contributed by atoms with van der Waals surface area (Å²) < 4.78 is 0. The molecule has 0 fully saturated rings. The van der Waals surface area contributed by atoms with E-state index >= 15 is 0 Å². The van der Waals surface area contributed by atoms with E-state index in [4.69, 9.17) is 34.8 Å². The van der Waals surface area contributed by atoms with Gasteiger partial charge in [-0.3, -0.25) is 9.59 Å². The van der Waals surface area contributed by atoms with E-state index in [2.05, 4.69) is 5.32 Å². The molecule has 0 aliphatic carbocycles. The number of hydrogen-bond acceptors (Lipinski definition) is 3. The van der Waals surface area contributed by atoms with Gasteiger partial charge in [-0.05, 0) is 54.4 Å². The van der Waals surface area contributed by atoms with Gasteiger partial charge in [0.15, 0.2) is 0 Å². The van der Waals surface area contributed by atoms with Gasteiger partial charge < -0.3 is 10.2 Å². The summed E-state index contributed by atoms with van der Waals surface area (Å²) in [6.45, 7) is 2.51. The number of amides is 2. The summed E-state index contributed by atoms with van der Waals surface area (Å²) in [5, 5.41) is 4.47. The smallest absolute Gasteiger partial charge is 0.243 e. The van der Waals surface area contributed by atoms with Gasteiger partial charge in [-0.25, -0.2) is 0 Å². The number of benzene rings is 3. The normalized spacial score (nSPS) is 11.6. The van der Waals surface area contributed by atoms with Crippen LogP contribution in [0, 0.1) is 0 Å². The molecule has 3 aromatic carbocycles. The highest BCUT2D eigenvalue weighted by molar-refractivity contribution is 8.00. The van der Waals surface area contributed by atoms with E-state index in [-0.39, 0.29) is 24.1 Å². The van der Waals surface area contributed by atoms with Crippen molar-refractivity contribution in [3.8, 4) is 0 Å². The zero-order valence-electron chi connectivity index (χ0n) is 18.6. The first-order valence-electron chi connectivity index (χ1n) is 10.8. The molecule has 1 unspecified atom stereocenters. The topological polar surface area (TPSA) is 49.4 Å². The van der Waals surface area contributed by atoms with Crippen molar-refractivity contribution in [2.24, 2.45) is 0 Å². The van der Waals surface area contributed by atoms with Crippen LogP contribution in [-0.2, 0) is 22.6 Å². The molecule has 0 saturated heterocycles. The van der Waals surface area contributed by atoms with Gasteiger partial charge in [0.05, 0.1) is 5.75 Å². The van der Waals surface area contributed by atoms with Crippen LogP contribution in [0.1, 0.15) is 18.1 Å².